The molecule has 32 heavy (non-hydrogen) atoms. The van der Waals surface area contributed by atoms with Crippen LogP contribution in [0.1, 0.15) is 17.2 Å². The molecule has 4 rings (SSSR count). The molecule has 1 aliphatic rings. The first-order chi connectivity index (χ1) is 15.4. The van der Waals surface area contributed by atoms with Crippen molar-refractivity contribution in [1.29, 1.82) is 0 Å². The number of ether oxygens (including phenoxy) is 1. The van der Waals surface area contributed by atoms with Gasteiger partial charge in [-0.05, 0) is 29.8 Å². The lowest BCUT2D eigenvalue weighted by Gasteiger charge is -2.25. The Kier molecular flexibility index (Phi) is 5.43. The van der Waals surface area contributed by atoms with Crippen LogP contribution < -0.4 is 9.64 Å². The number of non-ortho nitro benzene ring substituents is 1. The second kappa shape index (κ2) is 8.35. The number of carbonyl (C=O) groups is 2. The maximum Gasteiger partial charge on any atom is 0.300 e. The van der Waals surface area contributed by atoms with E-state index in [9.17, 15) is 24.8 Å². The highest BCUT2D eigenvalue weighted by Crippen LogP contribution is 2.43. The van der Waals surface area contributed by atoms with E-state index in [1.165, 1.54) is 36.3 Å². The minimum Gasteiger partial charge on any atom is -0.507 e. The number of rotatable bonds is 5. The minimum absolute atomic E-state index is 0.0992. The van der Waals surface area contributed by atoms with Crippen molar-refractivity contribution in [3.63, 3.8) is 0 Å². The van der Waals surface area contributed by atoms with Gasteiger partial charge in [0.05, 0.1) is 23.6 Å². The van der Waals surface area contributed by atoms with Gasteiger partial charge >= 0.3 is 0 Å². The van der Waals surface area contributed by atoms with Gasteiger partial charge in [-0.25, -0.2) is 0 Å². The summed E-state index contributed by atoms with van der Waals surface area (Å²) in [5, 5.41) is 22.1. The maximum absolute atomic E-state index is 13.1. The number of nitro benzene ring substituents is 1. The smallest absolute Gasteiger partial charge is 0.300 e. The molecule has 1 saturated heterocycles. The first-order valence-electron chi connectivity index (χ1n) is 9.67. The van der Waals surface area contributed by atoms with Crippen molar-refractivity contribution in [3.8, 4) is 5.75 Å². The number of aliphatic hydroxyl groups is 1. The molecule has 3 aromatic carbocycles. The van der Waals surface area contributed by atoms with Gasteiger partial charge in [0.2, 0.25) is 0 Å². The lowest BCUT2D eigenvalue weighted by molar-refractivity contribution is -0.384. The Morgan fingerprint density at radius 1 is 1.00 bits per heavy atom. The predicted octanol–water partition coefficient (Wildman–Crippen LogP) is 4.23. The summed E-state index contributed by atoms with van der Waals surface area (Å²) >= 11 is 0. The van der Waals surface area contributed by atoms with E-state index in [1.54, 1.807) is 54.6 Å². The third-order valence-corrected chi connectivity index (χ3v) is 5.24. The van der Waals surface area contributed by atoms with Gasteiger partial charge in [-0.1, -0.05) is 36.4 Å². The summed E-state index contributed by atoms with van der Waals surface area (Å²) in [6, 6.07) is 19.6. The molecule has 3 aromatic rings. The molecule has 1 fully saturated rings. The third-order valence-electron chi connectivity index (χ3n) is 5.24. The van der Waals surface area contributed by atoms with E-state index in [0.29, 0.717) is 22.6 Å². The molecule has 1 aliphatic heterocycles. The summed E-state index contributed by atoms with van der Waals surface area (Å²) in [4.78, 5) is 38.0. The number of amides is 1. The van der Waals surface area contributed by atoms with Crippen LogP contribution in [0.4, 0.5) is 11.4 Å². The van der Waals surface area contributed by atoms with Crippen molar-refractivity contribution < 1.29 is 24.4 Å². The van der Waals surface area contributed by atoms with E-state index in [0.717, 1.165) is 0 Å². The quantitative estimate of drug-likeness (QED) is 0.213. The van der Waals surface area contributed by atoms with Gasteiger partial charge in [0.15, 0.2) is 0 Å². The van der Waals surface area contributed by atoms with Crippen LogP contribution in [0.5, 0.6) is 5.75 Å². The summed E-state index contributed by atoms with van der Waals surface area (Å²) in [7, 11) is 1.48. The van der Waals surface area contributed by atoms with Crippen LogP contribution in [0.15, 0.2) is 84.4 Å². The van der Waals surface area contributed by atoms with Gasteiger partial charge in [-0.2, -0.15) is 0 Å². The van der Waals surface area contributed by atoms with E-state index in [-0.39, 0.29) is 17.0 Å². The van der Waals surface area contributed by atoms with E-state index in [4.69, 9.17) is 4.74 Å². The molecule has 1 atom stereocenters. The van der Waals surface area contributed by atoms with Gasteiger partial charge in [-0.15, -0.1) is 0 Å². The summed E-state index contributed by atoms with van der Waals surface area (Å²) in [6.45, 7) is 0. The first kappa shape index (κ1) is 20.8. The fraction of sp³-hybridized carbons (Fsp3) is 0.0833. The maximum atomic E-state index is 13.1. The molecule has 0 bridgehead atoms. The van der Waals surface area contributed by atoms with Crippen LogP contribution in [0.3, 0.4) is 0 Å². The molecular formula is C24H18N2O6. The zero-order valence-electron chi connectivity index (χ0n) is 17.0. The second-order valence-electron chi connectivity index (χ2n) is 7.09. The van der Waals surface area contributed by atoms with E-state index >= 15 is 0 Å². The normalized spacial score (nSPS) is 17.4. The van der Waals surface area contributed by atoms with Crippen LogP contribution in [-0.2, 0) is 9.59 Å². The number of nitro groups is 1. The Morgan fingerprint density at radius 2 is 1.69 bits per heavy atom. The lowest BCUT2D eigenvalue weighted by atomic mass is 9.95. The molecule has 0 radical (unpaired) electrons. The van der Waals surface area contributed by atoms with Crippen molar-refractivity contribution in [2.75, 3.05) is 12.0 Å². The summed E-state index contributed by atoms with van der Waals surface area (Å²) in [5.41, 5.74) is 0.980. The summed E-state index contributed by atoms with van der Waals surface area (Å²) in [5.74, 6) is -1.51. The third kappa shape index (κ3) is 3.58. The monoisotopic (exact) mass is 430 g/mol. The molecule has 0 unspecified atom stereocenters. The SMILES string of the molecule is COc1cccc(N2C(=O)C(=O)/C(=C(\O)c3ccccc3)[C@@H]2c2ccc([N+](=O)[O-])cc2)c1. The van der Waals surface area contributed by atoms with Gasteiger partial charge in [0.1, 0.15) is 11.5 Å². The van der Waals surface area contributed by atoms with Gasteiger partial charge in [0, 0.05) is 29.4 Å². The van der Waals surface area contributed by atoms with Crippen molar-refractivity contribution in [2.24, 2.45) is 0 Å². The molecule has 0 saturated carbocycles. The average Bonchev–Trinajstić information content (AvgIpc) is 3.09. The van der Waals surface area contributed by atoms with E-state index in [2.05, 4.69) is 0 Å². The molecule has 1 heterocycles. The molecule has 0 aromatic heterocycles. The Hall–Kier alpha value is -4.46. The number of Topliss-reactive ketones (excluding diaryl/α,β-unsaturated/α-hetero) is 1. The van der Waals surface area contributed by atoms with E-state index < -0.39 is 22.7 Å². The van der Waals surface area contributed by atoms with Crippen LogP contribution >= 0.6 is 0 Å². The number of methoxy groups -OCH3 is 1. The van der Waals surface area contributed by atoms with Crippen molar-refractivity contribution >= 4 is 28.8 Å². The number of nitrogens with zero attached hydrogens (tertiary/aromatic N) is 2. The molecule has 0 aliphatic carbocycles. The summed E-state index contributed by atoms with van der Waals surface area (Å²) in [6.07, 6.45) is 0. The molecule has 160 valence electrons. The fourth-order valence-corrected chi connectivity index (χ4v) is 3.70. The molecule has 1 amide bonds. The Bertz CT molecular complexity index is 1230. The molecule has 8 heteroatoms. The number of aliphatic hydroxyl groups excluding tert-OH is 1. The van der Waals surface area contributed by atoms with Crippen molar-refractivity contribution in [1.82, 2.24) is 0 Å². The zero-order valence-corrected chi connectivity index (χ0v) is 17.0. The standard InChI is InChI=1S/C24H18N2O6/c1-32-19-9-5-8-18(14-19)25-21(15-10-12-17(13-11-15)26(30)31)20(23(28)24(25)29)22(27)16-6-3-2-4-7-16/h2-14,21,27H,1H3/b22-20-/t21-/m0/s1. The molecular weight excluding hydrogens is 412 g/mol. The topological polar surface area (TPSA) is 110 Å². The van der Waals surface area contributed by atoms with E-state index in [1.807, 2.05) is 0 Å². The Balaban J connectivity index is 1.93. The van der Waals surface area contributed by atoms with Crippen LogP contribution in [0.2, 0.25) is 0 Å². The molecule has 8 nitrogen and oxygen atoms in total. The van der Waals surface area contributed by atoms with Crippen LogP contribution in [0.25, 0.3) is 5.76 Å². The summed E-state index contributed by atoms with van der Waals surface area (Å²) < 4.78 is 5.24. The van der Waals surface area contributed by atoms with Crippen molar-refractivity contribution in [3.05, 3.63) is 106 Å². The Labute approximate surface area is 183 Å². The number of hydrogen-bond acceptors (Lipinski definition) is 6. The van der Waals surface area contributed by atoms with Gasteiger partial charge in [-0.3, -0.25) is 24.6 Å². The van der Waals surface area contributed by atoms with Crippen LogP contribution in [0, 0.1) is 10.1 Å². The Morgan fingerprint density at radius 3 is 2.31 bits per heavy atom. The van der Waals surface area contributed by atoms with Gasteiger partial charge in [0.25, 0.3) is 17.4 Å². The predicted molar refractivity (Wildman–Crippen MR) is 117 cm³/mol. The van der Waals surface area contributed by atoms with Crippen LogP contribution in [-0.4, -0.2) is 28.8 Å². The first-order valence-corrected chi connectivity index (χ1v) is 9.67. The van der Waals surface area contributed by atoms with Gasteiger partial charge < -0.3 is 9.84 Å². The lowest BCUT2D eigenvalue weighted by Crippen LogP contribution is -2.29. The second-order valence-corrected chi connectivity index (χ2v) is 7.09. The minimum atomic E-state index is -0.983. The highest BCUT2D eigenvalue weighted by molar-refractivity contribution is 6.51. The fourth-order valence-electron chi connectivity index (χ4n) is 3.70. The molecule has 0 spiro atoms. The average molecular weight is 430 g/mol. The zero-order chi connectivity index (χ0) is 22.8. The number of ketones is 1. The number of benzene rings is 3. The van der Waals surface area contributed by atoms with Crippen molar-refractivity contribution in [2.45, 2.75) is 6.04 Å². The number of hydrogen-bond donors (Lipinski definition) is 1. The molecule has 1 N–H and O–H groups in total. The number of carbonyl (C=O) groups excluding carboxylic acids is 2. The highest BCUT2D eigenvalue weighted by atomic mass is 16.6. The largest absolute Gasteiger partial charge is 0.507 e. The highest BCUT2D eigenvalue weighted by Gasteiger charge is 2.47. The number of anilines is 1.